The predicted molar refractivity (Wildman–Crippen MR) is 60.8 cm³/mol. The molecule has 3 heteroatoms. The topological polar surface area (TPSA) is 35.5 Å². The number of benzene rings is 1. The highest BCUT2D eigenvalue weighted by molar-refractivity contribution is 5.85. The van der Waals surface area contributed by atoms with Crippen LogP contribution in [-0.4, -0.2) is 18.5 Å². The first-order valence-corrected chi connectivity index (χ1v) is 5.22. The van der Waals surface area contributed by atoms with E-state index in [0.29, 0.717) is 17.9 Å². The van der Waals surface area contributed by atoms with E-state index in [1.54, 1.807) is 6.07 Å². The van der Waals surface area contributed by atoms with Gasteiger partial charge in [-0.25, -0.2) is 0 Å². The van der Waals surface area contributed by atoms with E-state index < -0.39 is 6.10 Å². The van der Waals surface area contributed by atoms with Crippen molar-refractivity contribution in [2.45, 2.75) is 19.4 Å². The number of para-hydroxylation sites is 2. The molecule has 0 fully saturated rings. The van der Waals surface area contributed by atoms with Crippen LogP contribution in [0.5, 0.6) is 11.5 Å². The van der Waals surface area contributed by atoms with Crippen molar-refractivity contribution in [3.8, 4) is 11.5 Å². The Labute approximate surface area is 94.7 Å². The molecule has 0 N–H and O–H groups in total. The van der Waals surface area contributed by atoms with Crippen molar-refractivity contribution in [2.24, 2.45) is 0 Å². The molecule has 84 valence electrons. The van der Waals surface area contributed by atoms with Crippen molar-refractivity contribution in [1.82, 2.24) is 0 Å². The fourth-order valence-electron chi connectivity index (χ4n) is 1.59. The molecular formula is C13H14O3. The van der Waals surface area contributed by atoms with E-state index in [4.69, 9.17) is 9.47 Å². The van der Waals surface area contributed by atoms with E-state index in [1.165, 1.54) is 0 Å². The Hall–Kier alpha value is -1.77. The maximum absolute atomic E-state index is 11.8. The Bertz CT molecular complexity index is 423. The van der Waals surface area contributed by atoms with Gasteiger partial charge in [0.15, 0.2) is 23.4 Å². The fourth-order valence-corrected chi connectivity index (χ4v) is 1.59. The molecule has 0 radical (unpaired) electrons. The molecule has 0 spiro atoms. The highest BCUT2D eigenvalue weighted by Crippen LogP contribution is 2.31. The standard InChI is InChI=1S/C13H14O3/c1-9(2)7-10(14)13-8-15-11-5-3-4-6-12(11)16-13/h3-6,13H,1,7-8H2,2H3. The Morgan fingerprint density at radius 1 is 1.44 bits per heavy atom. The van der Waals surface area contributed by atoms with E-state index >= 15 is 0 Å². The van der Waals surface area contributed by atoms with Crippen LogP contribution in [-0.2, 0) is 4.79 Å². The highest BCUT2D eigenvalue weighted by atomic mass is 16.6. The lowest BCUT2D eigenvalue weighted by molar-refractivity contribution is -0.127. The average Bonchev–Trinajstić information content (AvgIpc) is 2.27. The van der Waals surface area contributed by atoms with Crippen LogP contribution in [0.2, 0.25) is 0 Å². The summed E-state index contributed by atoms with van der Waals surface area (Å²) in [5, 5.41) is 0. The zero-order chi connectivity index (χ0) is 11.5. The van der Waals surface area contributed by atoms with Gasteiger partial charge in [0.1, 0.15) is 6.61 Å². The zero-order valence-corrected chi connectivity index (χ0v) is 9.23. The first-order valence-electron chi connectivity index (χ1n) is 5.22. The third-order valence-corrected chi connectivity index (χ3v) is 2.34. The molecule has 1 aromatic rings. The van der Waals surface area contributed by atoms with Crippen LogP contribution in [0, 0.1) is 0 Å². The molecule has 2 rings (SSSR count). The van der Waals surface area contributed by atoms with Gasteiger partial charge in [-0.05, 0) is 19.1 Å². The number of fused-ring (bicyclic) bond motifs is 1. The highest BCUT2D eigenvalue weighted by Gasteiger charge is 2.26. The lowest BCUT2D eigenvalue weighted by atomic mass is 10.1. The minimum absolute atomic E-state index is 0.0157. The Morgan fingerprint density at radius 2 is 2.12 bits per heavy atom. The number of allylic oxidation sites excluding steroid dienone is 1. The summed E-state index contributed by atoms with van der Waals surface area (Å²) in [7, 11) is 0. The average molecular weight is 218 g/mol. The van der Waals surface area contributed by atoms with Gasteiger partial charge in [0.25, 0.3) is 0 Å². The maximum Gasteiger partial charge on any atom is 0.191 e. The van der Waals surface area contributed by atoms with Gasteiger partial charge >= 0.3 is 0 Å². The van der Waals surface area contributed by atoms with Crippen molar-refractivity contribution >= 4 is 5.78 Å². The number of ketones is 1. The second-order valence-corrected chi connectivity index (χ2v) is 3.96. The van der Waals surface area contributed by atoms with Crippen molar-refractivity contribution in [3.05, 3.63) is 36.4 Å². The third kappa shape index (κ3) is 2.24. The number of ether oxygens (including phenoxy) is 2. The van der Waals surface area contributed by atoms with Crippen LogP contribution in [0.1, 0.15) is 13.3 Å². The molecule has 1 heterocycles. The lowest BCUT2D eigenvalue weighted by Crippen LogP contribution is -2.36. The summed E-state index contributed by atoms with van der Waals surface area (Å²) in [6.07, 6.45) is -0.164. The van der Waals surface area contributed by atoms with Gasteiger partial charge in [-0.1, -0.05) is 24.3 Å². The van der Waals surface area contributed by atoms with Crippen molar-refractivity contribution in [1.29, 1.82) is 0 Å². The van der Waals surface area contributed by atoms with E-state index in [1.807, 2.05) is 25.1 Å². The second kappa shape index (κ2) is 4.39. The molecule has 0 bridgehead atoms. The molecule has 0 amide bonds. The van der Waals surface area contributed by atoms with Crippen LogP contribution < -0.4 is 9.47 Å². The summed E-state index contributed by atoms with van der Waals surface area (Å²) in [6.45, 7) is 5.83. The predicted octanol–water partition coefficient (Wildman–Crippen LogP) is 2.36. The quantitative estimate of drug-likeness (QED) is 0.730. The second-order valence-electron chi connectivity index (χ2n) is 3.96. The van der Waals surface area contributed by atoms with Crippen molar-refractivity contribution < 1.29 is 14.3 Å². The molecule has 1 aromatic carbocycles. The van der Waals surface area contributed by atoms with E-state index in [9.17, 15) is 4.79 Å². The lowest BCUT2D eigenvalue weighted by Gasteiger charge is -2.25. The summed E-state index contributed by atoms with van der Waals surface area (Å²) in [4.78, 5) is 11.8. The molecule has 1 aliphatic rings. The Morgan fingerprint density at radius 3 is 2.81 bits per heavy atom. The Kier molecular flexibility index (Phi) is 2.95. The molecule has 1 atom stereocenters. The summed E-state index contributed by atoms with van der Waals surface area (Å²) < 4.78 is 11.0. The number of hydrogen-bond acceptors (Lipinski definition) is 3. The minimum atomic E-state index is -0.508. The molecule has 3 nitrogen and oxygen atoms in total. The van der Waals surface area contributed by atoms with E-state index in [-0.39, 0.29) is 12.4 Å². The van der Waals surface area contributed by atoms with E-state index in [0.717, 1.165) is 5.57 Å². The van der Waals surface area contributed by atoms with Gasteiger partial charge in [-0.3, -0.25) is 4.79 Å². The van der Waals surface area contributed by atoms with Crippen LogP contribution in [0.15, 0.2) is 36.4 Å². The van der Waals surface area contributed by atoms with Crippen LogP contribution in [0.25, 0.3) is 0 Å². The number of carbonyl (C=O) groups is 1. The monoisotopic (exact) mass is 218 g/mol. The summed E-state index contributed by atoms with van der Waals surface area (Å²) in [5.41, 5.74) is 0.840. The molecule has 1 unspecified atom stereocenters. The van der Waals surface area contributed by atoms with Crippen molar-refractivity contribution in [2.75, 3.05) is 6.61 Å². The number of Topliss-reactive ketones (excluding diaryl/α,β-unsaturated/α-hetero) is 1. The zero-order valence-electron chi connectivity index (χ0n) is 9.23. The molecular weight excluding hydrogens is 204 g/mol. The van der Waals surface area contributed by atoms with Gasteiger partial charge in [0, 0.05) is 6.42 Å². The van der Waals surface area contributed by atoms with Gasteiger partial charge < -0.3 is 9.47 Å². The van der Waals surface area contributed by atoms with Gasteiger partial charge in [0.05, 0.1) is 0 Å². The molecule has 0 aliphatic carbocycles. The smallest absolute Gasteiger partial charge is 0.191 e. The van der Waals surface area contributed by atoms with E-state index in [2.05, 4.69) is 6.58 Å². The molecule has 0 saturated carbocycles. The van der Waals surface area contributed by atoms with Gasteiger partial charge in [-0.2, -0.15) is 0 Å². The van der Waals surface area contributed by atoms with Crippen molar-refractivity contribution in [3.63, 3.8) is 0 Å². The number of carbonyl (C=O) groups excluding carboxylic acids is 1. The minimum Gasteiger partial charge on any atom is -0.485 e. The maximum atomic E-state index is 11.8. The van der Waals surface area contributed by atoms with Crippen LogP contribution in [0.4, 0.5) is 0 Å². The third-order valence-electron chi connectivity index (χ3n) is 2.34. The van der Waals surface area contributed by atoms with Crippen LogP contribution >= 0.6 is 0 Å². The summed E-state index contributed by atoms with van der Waals surface area (Å²) in [5.74, 6) is 1.35. The van der Waals surface area contributed by atoms with Gasteiger partial charge in [-0.15, -0.1) is 0 Å². The molecule has 0 aromatic heterocycles. The van der Waals surface area contributed by atoms with Gasteiger partial charge in [0.2, 0.25) is 0 Å². The number of rotatable bonds is 3. The molecule has 1 aliphatic heterocycles. The molecule has 16 heavy (non-hydrogen) atoms. The fraction of sp³-hybridized carbons (Fsp3) is 0.308. The summed E-state index contributed by atoms with van der Waals surface area (Å²) >= 11 is 0. The largest absolute Gasteiger partial charge is 0.485 e. The normalized spacial score (nSPS) is 17.9. The first-order chi connectivity index (χ1) is 7.66. The number of hydrogen-bond donors (Lipinski definition) is 0. The summed E-state index contributed by atoms with van der Waals surface area (Å²) in [6, 6.07) is 7.36. The SMILES string of the molecule is C=C(C)CC(=O)C1COc2ccccc2O1. The Balaban J connectivity index is 2.08. The van der Waals surface area contributed by atoms with Crippen LogP contribution in [0.3, 0.4) is 0 Å². The first kappa shape index (κ1) is 10.7. The molecule has 0 saturated heterocycles.